The molecule has 2 amide bonds. The van der Waals surface area contributed by atoms with Crippen molar-refractivity contribution in [1.82, 2.24) is 9.80 Å². The summed E-state index contributed by atoms with van der Waals surface area (Å²) in [7, 11) is 0. The summed E-state index contributed by atoms with van der Waals surface area (Å²) < 4.78 is 10.1. The Morgan fingerprint density at radius 3 is 2.44 bits per heavy atom. The van der Waals surface area contributed by atoms with E-state index in [1.807, 2.05) is 0 Å². The number of piperazine rings is 1. The Bertz CT molecular complexity index is 838. The Kier molecular flexibility index (Phi) is 5.44. The number of aromatic hydroxyl groups is 1. The number of carbonyl (C=O) groups excluding carboxylic acids is 3. The number of carbonyl (C=O) groups is 3. The van der Waals surface area contributed by atoms with Crippen molar-refractivity contribution in [2.24, 2.45) is 0 Å². The van der Waals surface area contributed by atoms with Crippen LogP contribution in [0.5, 0.6) is 5.75 Å². The van der Waals surface area contributed by atoms with Gasteiger partial charge in [-0.25, -0.2) is 4.79 Å². The van der Waals surface area contributed by atoms with Crippen LogP contribution in [-0.4, -0.2) is 65.5 Å². The molecular weight excluding hydrogens is 352 g/mol. The Morgan fingerprint density at radius 1 is 1.11 bits per heavy atom. The number of hydrogen-bond donors (Lipinski definition) is 1. The molecule has 1 N–H and O–H groups in total. The number of esters is 1. The van der Waals surface area contributed by atoms with Crippen molar-refractivity contribution in [3.8, 4) is 5.75 Å². The zero-order valence-corrected chi connectivity index (χ0v) is 14.9. The molecule has 1 aromatic carbocycles. The predicted octanol–water partition coefficient (Wildman–Crippen LogP) is 1.44. The van der Waals surface area contributed by atoms with Crippen molar-refractivity contribution >= 4 is 17.8 Å². The van der Waals surface area contributed by atoms with Crippen molar-refractivity contribution in [1.29, 1.82) is 0 Å². The summed E-state index contributed by atoms with van der Waals surface area (Å²) in [6, 6.07) is 7.82. The summed E-state index contributed by atoms with van der Waals surface area (Å²) in [4.78, 5) is 39.6. The number of rotatable bonds is 4. The molecule has 1 aliphatic rings. The van der Waals surface area contributed by atoms with Gasteiger partial charge >= 0.3 is 5.97 Å². The Labute approximate surface area is 155 Å². The van der Waals surface area contributed by atoms with Gasteiger partial charge in [0.05, 0.1) is 6.26 Å². The van der Waals surface area contributed by atoms with Gasteiger partial charge in [-0.05, 0) is 36.8 Å². The fraction of sp³-hybridized carbons (Fsp3) is 0.316. The zero-order valence-electron chi connectivity index (χ0n) is 14.9. The first kappa shape index (κ1) is 18.5. The zero-order chi connectivity index (χ0) is 19.4. The lowest BCUT2D eigenvalue weighted by Gasteiger charge is -2.34. The third-order valence-electron chi connectivity index (χ3n) is 4.35. The maximum atomic E-state index is 12.2. The summed E-state index contributed by atoms with van der Waals surface area (Å²) in [5.41, 5.74) is 0.823. The lowest BCUT2D eigenvalue weighted by atomic mass is 10.1. The van der Waals surface area contributed by atoms with Gasteiger partial charge in [0, 0.05) is 26.2 Å². The fourth-order valence-electron chi connectivity index (χ4n) is 2.83. The van der Waals surface area contributed by atoms with E-state index < -0.39 is 12.6 Å². The molecule has 27 heavy (non-hydrogen) atoms. The molecule has 0 radical (unpaired) electrons. The molecule has 2 heterocycles. The Morgan fingerprint density at radius 2 is 1.81 bits per heavy atom. The lowest BCUT2D eigenvalue weighted by molar-refractivity contribution is -0.136. The van der Waals surface area contributed by atoms with Crippen molar-refractivity contribution in [2.75, 3.05) is 32.8 Å². The van der Waals surface area contributed by atoms with E-state index >= 15 is 0 Å². The molecule has 0 aliphatic carbocycles. The highest BCUT2D eigenvalue weighted by molar-refractivity contribution is 5.94. The van der Waals surface area contributed by atoms with Crippen LogP contribution in [0.2, 0.25) is 0 Å². The number of hydrogen-bond acceptors (Lipinski definition) is 6. The van der Waals surface area contributed by atoms with Crippen molar-refractivity contribution in [3.63, 3.8) is 0 Å². The second-order valence-electron chi connectivity index (χ2n) is 6.25. The number of aryl methyl sites for hydroxylation is 1. The highest BCUT2D eigenvalue weighted by atomic mass is 16.5. The van der Waals surface area contributed by atoms with E-state index in [2.05, 4.69) is 0 Å². The average molecular weight is 372 g/mol. The van der Waals surface area contributed by atoms with Crippen molar-refractivity contribution < 1.29 is 28.6 Å². The number of phenols is 1. The molecule has 1 fully saturated rings. The van der Waals surface area contributed by atoms with Gasteiger partial charge in [0.1, 0.15) is 11.3 Å². The SMILES string of the molecule is Cc1ccc(C(=O)OCC(=O)N2CCN(C(=O)c3ccco3)CC2)c(O)c1. The van der Waals surface area contributed by atoms with Crippen molar-refractivity contribution in [2.45, 2.75) is 6.92 Å². The van der Waals surface area contributed by atoms with E-state index in [-0.39, 0.29) is 28.9 Å². The molecule has 0 bridgehead atoms. The molecule has 8 heteroatoms. The molecule has 0 unspecified atom stereocenters. The van der Waals surface area contributed by atoms with Crippen LogP contribution < -0.4 is 0 Å². The summed E-state index contributed by atoms with van der Waals surface area (Å²) in [5, 5.41) is 9.79. The minimum atomic E-state index is -0.757. The van der Waals surface area contributed by atoms with Crippen LogP contribution in [0, 0.1) is 6.92 Å². The van der Waals surface area contributed by atoms with E-state index in [1.54, 1.807) is 30.0 Å². The molecule has 1 saturated heterocycles. The van der Waals surface area contributed by atoms with Crippen molar-refractivity contribution in [3.05, 3.63) is 53.5 Å². The number of ether oxygens (including phenoxy) is 1. The summed E-state index contributed by atoms with van der Waals surface area (Å²) in [6.07, 6.45) is 1.44. The van der Waals surface area contributed by atoms with Gasteiger partial charge in [0.2, 0.25) is 0 Å². The largest absolute Gasteiger partial charge is 0.507 e. The fourth-order valence-corrected chi connectivity index (χ4v) is 2.83. The highest BCUT2D eigenvalue weighted by Gasteiger charge is 2.26. The van der Waals surface area contributed by atoms with Crippen LogP contribution in [0.4, 0.5) is 0 Å². The molecule has 8 nitrogen and oxygen atoms in total. The van der Waals surface area contributed by atoms with Gasteiger partial charge in [0.15, 0.2) is 12.4 Å². The Balaban J connectivity index is 1.48. The van der Waals surface area contributed by atoms with Crippen LogP contribution in [0.15, 0.2) is 41.0 Å². The molecule has 0 saturated carbocycles. The van der Waals surface area contributed by atoms with Crippen LogP contribution in [-0.2, 0) is 9.53 Å². The molecule has 3 rings (SSSR count). The standard InChI is InChI=1S/C19H20N2O6/c1-13-4-5-14(15(22)11-13)19(25)27-12-17(23)20-6-8-21(9-7-20)18(24)16-3-2-10-26-16/h2-5,10-11,22H,6-9,12H2,1H3. The second kappa shape index (κ2) is 7.94. The number of benzene rings is 1. The number of phenolic OH excluding ortho intramolecular Hbond substituents is 1. The minimum Gasteiger partial charge on any atom is -0.507 e. The van der Waals surface area contributed by atoms with Gasteiger partial charge < -0.3 is 24.1 Å². The summed E-state index contributed by atoms with van der Waals surface area (Å²) in [6.45, 7) is 2.81. The molecule has 0 atom stereocenters. The normalized spacial score (nSPS) is 14.1. The smallest absolute Gasteiger partial charge is 0.342 e. The van der Waals surface area contributed by atoms with Crippen LogP contribution in [0.3, 0.4) is 0 Å². The van der Waals surface area contributed by atoms with Crippen LogP contribution in [0.25, 0.3) is 0 Å². The minimum absolute atomic E-state index is 0.0160. The van der Waals surface area contributed by atoms with Gasteiger partial charge in [-0.2, -0.15) is 0 Å². The molecule has 2 aromatic rings. The van der Waals surface area contributed by atoms with Gasteiger partial charge in [-0.3, -0.25) is 9.59 Å². The Hall–Kier alpha value is -3.29. The van der Waals surface area contributed by atoms with E-state index in [1.165, 1.54) is 23.3 Å². The quantitative estimate of drug-likeness (QED) is 0.815. The first-order valence-electron chi connectivity index (χ1n) is 8.53. The van der Waals surface area contributed by atoms with E-state index in [0.29, 0.717) is 26.2 Å². The van der Waals surface area contributed by atoms with E-state index in [4.69, 9.17) is 9.15 Å². The molecule has 1 aliphatic heterocycles. The van der Waals surface area contributed by atoms with Gasteiger partial charge in [-0.15, -0.1) is 0 Å². The third-order valence-corrected chi connectivity index (χ3v) is 4.35. The second-order valence-corrected chi connectivity index (χ2v) is 6.25. The maximum absolute atomic E-state index is 12.2. The highest BCUT2D eigenvalue weighted by Crippen LogP contribution is 2.19. The summed E-state index contributed by atoms with van der Waals surface area (Å²) in [5.74, 6) is -1.24. The molecule has 0 spiro atoms. The topological polar surface area (TPSA) is 100 Å². The number of furan rings is 1. The van der Waals surface area contributed by atoms with Gasteiger partial charge in [-0.1, -0.05) is 6.07 Å². The van der Waals surface area contributed by atoms with Crippen LogP contribution in [0.1, 0.15) is 26.5 Å². The van der Waals surface area contributed by atoms with E-state index in [0.717, 1.165) is 5.56 Å². The molecule has 142 valence electrons. The maximum Gasteiger partial charge on any atom is 0.342 e. The predicted molar refractivity (Wildman–Crippen MR) is 94.3 cm³/mol. The van der Waals surface area contributed by atoms with Gasteiger partial charge in [0.25, 0.3) is 11.8 Å². The van der Waals surface area contributed by atoms with Crippen LogP contribution >= 0.6 is 0 Å². The summed E-state index contributed by atoms with van der Waals surface area (Å²) >= 11 is 0. The number of nitrogens with zero attached hydrogens (tertiary/aromatic N) is 2. The average Bonchev–Trinajstić information content (AvgIpc) is 3.20. The molecule has 1 aromatic heterocycles. The monoisotopic (exact) mass is 372 g/mol. The first-order valence-corrected chi connectivity index (χ1v) is 8.53. The first-order chi connectivity index (χ1) is 13.0. The van der Waals surface area contributed by atoms with E-state index in [9.17, 15) is 19.5 Å². The number of amides is 2. The lowest BCUT2D eigenvalue weighted by Crippen LogP contribution is -2.51. The molecular formula is C19H20N2O6. The third kappa shape index (κ3) is 4.28.